The predicted molar refractivity (Wildman–Crippen MR) is 79.5 cm³/mol. The van der Waals surface area contributed by atoms with Crippen LogP contribution in [0.5, 0.6) is 5.75 Å². The quantitative estimate of drug-likeness (QED) is 0.808. The number of Topliss-reactive ketones (excluding diaryl/α,β-unsaturated/α-hetero) is 1. The lowest BCUT2D eigenvalue weighted by atomic mass is 10.0. The molecule has 0 aliphatic heterocycles. The molecule has 0 saturated carbocycles. The van der Waals surface area contributed by atoms with Crippen molar-refractivity contribution in [1.82, 2.24) is 0 Å². The van der Waals surface area contributed by atoms with E-state index in [0.717, 1.165) is 16.6 Å². The monoisotopic (exact) mass is 354 g/mol. The number of rotatable bonds is 5. The summed E-state index contributed by atoms with van der Waals surface area (Å²) in [5, 5.41) is 0. The van der Waals surface area contributed by atoms with Crippen LogP contribution in [0, 0.1) is 11.6 Å². The zero-order valence-corrected chi connectivity index (χ0v) is 12.9. The number of hydrogen-bond donors (Lipinski definition) is 0. The van der Waals surface area contributed by atoms with Crippen molar-refractivity contribution in [3.63, 3.8) is 0 Å². The summed E-state index contributed by atoms with van der Waals surface area (Å²) in [6, 6.07) is 8.85. The van der Waals surface area contributed by atoms with Crippen molar-refractivity contribution in [3.8, 4) is 5.75 Å². The zero-order valence-electron chi connectivity index (χ0n) is 11.3. The van der Waals surface area contributed by atoms with Crippen LogP contribution in [0.4, 0.5) is 8.78 Å². The van der Waals surface area contributed by atoms with Gasteiger partial charge in [0.15, 0.2) is 0 Å². The Kier molecular flexibility index (Phi) is 5.07. The van der Waals surface area contributed by atoms with Crippen LogP contribution in [-0.2, 0) is 17.6 Å². The molecular formula is C16H13BrF2O2. The van der Waals surface area contributed by atoms with E-state index < -0.39 is 11.6 Å². The Hall–Kier alpha value is -1.75. The SMILES string of the molecule is COc1ccc(Br)cc1CC(=O)Cc1c(F)cccc1F. The molecule has 5 heteroatoms. The van der Waals surface area contributed by atoms with E-state index in [1.165, 1.54) is 13.2 Å². The Morgan fingerprint density at radius 2 is 1.81 bits per heavy atom. The van der Waals surface area contributed by atoms with E-state index in [0.29, 0.717) is 11.3 Å². The first-order valence-corrected chi connectivity index (χ1v) is 7.07. The number of ketones is 1. The highest BCUT2D eigenvalue weighted by Gasteiger charge is 2.15. The van der Waals surface area contributed by atoms with Gasteiger partial charge in [-0.25, -0.2) is 8.78 Å². The summed E-state index contributed by atoms with van der Waals surface area (Å²) in [4.78, 5) is 12.1. The summed E-state index contributed by atoms with van der Waals surface area (Å²) < 4.78 is 33.1. The maximum absolute atomic E-state index is 13.5. The van der Waals surface area contributed by atoms with Gasteiger partial charge < -0.3 is 4.74 Å². The molecule has 0 heterocycles. The van der Waals surface area contributed by atoms with Crippen molar-refractivity contribution < 1.29 is 18.3 Å². The molecule has 2 aromatic rings. The third kappa shape index (κ3) is 3.88. The van der Waals surface area contributed by atoms with Crippen LogP contribution < -0.4 is 4.74 Å². The van der Waals surface area contributed by atoms with Crippen LogP contribution >= 0.6 is 15.9 Å². The summed E-state index contributed by atoms with van der Waals surface area (Å²) in [5.74, 6) is -1.12. The fourth-order valence-electron chi connectivity index (χ4n) is 2.06. The highest BCUT2D eigenvalue weighted by atomic mass is 79.9. The number of hydrogen-bond acceptors (Lipinski definition) is 2. The fraction of sp³-hybridized carbons (Fsp3) is 0.188. The summed E-state index contributed by atoms with van der Waals surface area (Å²) in [7, 11) is 1.51. The van der Waals surface area contributed by atoms with Gasteiger partial charge in [-0.1, -0.05) is 22.0 Å². The van der Waals surface area contributed by atoms with Crippen molar-refractivity contribution >= 4 is 21.7 Å². The molecule has 0 radical (unpaired) electrons. The van der Waals surface area contributed by atoms with Crippen LogP contribution in [-0.4, -0.2) is 12.9 Å². The molecule has 0 fully saturated rings. The van der Waals surface area contributed by atoms with E-state index in [-0.39, 0.29) is 24.2 Å². The third-order valence-electron chi connectivity index (χ3n) is 3.07. The van der Waals surface area contributed by atoms with Gasteiger partial charge in [-0.3, -0.25) is 4.79 Å². The highest BCUT2D eigenvalue weighted by molar-refractivity contribution is 9.10. The van der Waals surface area contributed by atoms with Crippen molar-refractivity contribution in [2.24, 2.45) is 0 Å². The predicted octanol–water partition coefficient (Wildman–Crippen LogP) is 4.09. The number of halogens is 3. The molecule has 110 valence electrons. The second-order valence-corrected chi connectivity index (χ2v) is 5.46. The second kappa shape index (κ2) is 6.80. The Morgan fingerprint density at radius 3 is 2.43 bits per heavy atom. The summed E-state index contributed by atoms with van der Waals surface area (Å²) >= 11 is 3.32. The highest BCUT2D eigenvalue weighted by Crippen LogP contribution is 2.24. The average molecular weight is 355 g/mol. The van der Waals surface area contributed by atoms with E-state index in [1.54, 1.807) is 18.2 Å². The molecule has 0 aliphatic carbocycles. The van der Waals surface area contributed by atoms with Gasteiger partial charge in [0.05, 0.1) is 7.11 Å². The van der Waals surface area contributed by atoms with E-state index in [9.17, 15) is 13.6 Å². The summed E-state index contributed by atoms with van der Waals surface area (Å²) in [6.45, 7) is 0. The smallest absolute Gasteiger partial charge is 0.141 e. The first-order valence-electron chi connectivity index (χ1n) is 6.28. The normalized spacial score (nSPS) is 10.5. The van der Waals surface area contributed by atoms with E-state index >= 15 is 0 Å². The van der Waals surface area contributed by atoms with Crippen LogP contribution in [0.25, 0.3) is 0 Å². The lowest BCUT2D eigenvalue weighted by Crippen LogP contribution is -2.10. The Morgan fingerprint density at radius 1 is 1.14 bits per heavy atom. The summed E-state index contributed by atoms with van der Waals surface area (Å²) in [5.41, 5.74) is 0.477. The number of ether oxygens (including phenoxy) is 1. The van der Waals surface area contributed by atoms with Crippen LogP contribution in [0.15, 0.2) is 40.9 Å². The number of methoxy groups -OCH3 is 1. The van der Waals surface area contributed by atoms with Gasteiger partial charge in [0.2, 0.25) is 0 Å². The largest absolute Gasteiger partial charge is 0.496 e. The molecule has 0 aliphatic rings. The zero-order chi connectivity index (χ0) is 15.4. The molecule has 0 amide bonds. The molecular weight excluding hydrogens is 342 g/mol. The van der Waals surface area contributed by atoms with Gasteiger partial charge >= 0.3 is 0 Å². The maximum Gasteiger partial charge on any atom is 0.141 e. The van der Waals surface area contributed by atoms with Crippen molar-refractivity contribution in [1.29, 1.82) is 0 Å². The number of carbonyl (C=O) groups is 1. The van der Waals surface area contributed by atoms with E-state index in [2.05, 4.69) is 15.9 Å². The third-order valence-corrected chi connectivity index (χ3v) is 3.56. The van der Waals surface area contributed by atoms with Crippen molar-refractivity contribution in [2.45, 2.75) is 12.8 Å². The Bertz CT molecular complexity index is 651. The van der Waals surface area contributed by atoms with Gasteiger partial charge in [0, 0.05) is 28.4 Å². The second-order valence-electron chi connectivity index (χ2n) is 4.55. The molecule has 2 rings (SSSR count). The first-order chi connectivity index (χ1) is 10.0. The molecule has 21 heavy (non-hydrogen) atoms. The van der Waals surface area contributed by atoms with E-state index in [1.807, 2.05) is 0 Å². The molecule has 0 unspecified atom stereocenters. The van der Waals surface area contributed by atoms with Crippen LogP contribution in [0.2, 0.25) is 0 Å². The number of benzene rings is 2. The molecule has 0 atom stereocenters. The fourth-order valence-corrected chi connectivity index (χ4v) is 2.47. The Labute approximate surface area is 129 Å². The van der Waals surface area contributed by atoms with Crippen LogP contribution in [0.3, 0.4) is 0 Å². The maximum atomic E-state index is 13.5. The van der Waals surface area contributed by atoms with Crippen molar-refractivity contribution in [3.05, 3.63) is 63.6 Å². The first kappa shape index (κ1) is 15.6. The lowest BCUT2D eigenvalue weighted by Gasteiger charge is -2.09. The standard InChI is InChI=1S/C16H13BrF2O2/c1-21-16-6-5-11(17)7-10(16)8-12(20)9-13-14(18)3-2-4-15(13)19/h2-7H,8-9H2,1H3. The average Bonchev–Trinajstić information content (AvgIpc) is 2.43. The molecule has 0 bridgehead atoms. The Balaban J connectivity index is 2.17. The minimum atomic E-state index is -0.704. The molecule has 0 N–H and O–H groups in total. The van der Waals surface area contributed by atoms with Gasteiger partial charge in [-0.05, 0) is 30.3 Å². The van der Waals surface area contributed by atoms with Gasteiger partial charge in [-0.2, -0.15) is 0 Å². The van der Waals surface area contributed by atoms with Gasteiger partial charge in [0.1, 0.15) is 23.2 Å². The van der Waals surface area contributed by atoms with Crippen LogP contribution in [0.1, 0.15) is 11.1 Å². The van der Waals surface area contributed by atoms with E-state index in [4.69, 9.17) is 4.74 Å². The van der Waals surface area contributed by atoms with Gasteiger partial charge in [0.25, 0.3) is 0 Å². The topological polar surface area (TPSA) is 26.3 Å². The number of carbonyl (C=O) groups excluding carboxylic acids is 1. The summed E-state index contributed by atoms with van der Waals surface area (Å²) in [6.07, 6.45) is -0.232. The minimum Gasteiger partial charge on any atom is -0.496 e. The molecule has 0 saturated heterocycles. The minimum absolute atomic E-state index is 0.0520. The van der Waals surface area contributed by atoms with Gasteiger partial charge in [-0.15, -0.1) is 0 Å². The lowest BCUT2D eigenvalue weighted by molar-refractivity contribution is -0.117. The molecule has 2 nitrogen and oxygen atoms in total. The molecule has 2 aromatic carbocycles. The van der Waals surface area contributed by atoms with Crippen molar-refractivity contribution in [2.75, 3.05) is 7.11 Å². The molecule has 0 spiro atoms. The molecule has 0 aromatic heterocycles.